The minimum atomic E-state index is 0.343. The molecule has 2 aromatic carbocycles. The number of para-hydroxylation sites is 2. The molecule has 0 radical (unpaired) electrons. The van der Waals surface area contributed by atoms with Gasteiger partial charge < -0.3 is 10.1 Å². The summed E-state index contributed by atoms with van der Waals surface area (Å²) in [6, 6.07) is 18.0. The van der Waals surface area contributed by atoms with Gasteiger partial charge in [0.1, 0.15) is 12.4 Å². The van der Waals surface area contributed by atoms with Crippen LogP contribution in [0.2, 0.25) is 5.02 Å². The molecule has 0 amide bonds. The summed E-state index contributed by atoms with van der Waals surface area (Å²) in [5.74, 6) is 2.22. The molecule has 1 fully saturated rings. The zero-order chi connectivity index (χ0) is 21.0. The monoisotopic (exact) mass is 469 g/mol. The van der Waals surface area contributed by atoms with Crippen molar-refractivity contribution < 1.29 is 4.74 Å². The lowest BCUT2D eigenvalue weighted by Crippen LogP contribution is -2.07. The summed E-state index contributed by atoms with van der Waals surface area (Å²) >= 11 is 9.46. The van der Waals surface area contributed by atoms with E-state index in [4.69, 9.17) is 21.3 Å². The zero-order valence-corrected chi connectivity index (χ0v) is 19.0. The average Bonchev–Trinajstić information content (AvgIpc) is 3.39. The summed E-state index contributed by atoms with van der Waals surface area (Å²) in [4.78, 5) is 4.69. The van der Waals surface area contributed by atoms with Crippen LogP contribution in [0.5, 0.6) is 5.75 Å². The van der Waals surface area contributed by atoms with E-state index in [9.17, 15) is 0 Å². The zero-order valence-electron chi connectivity index (χ0n) is 16.6. The fourth-order valence-electron chi connectivity index (χ4n) is 3.12. The predicted molar refractivity (Wildman–Crippen MR) is 125 cm³/mol. The standard InChI is InChI=1S/C22H20ClN5OS2/c23-18-8-4-5-9-19(18)29-12-20-26-27-22(28(20)17-10-11-17)31-14-16-13-30-21(25-16)24-15-6-2-1-3-7-15/h1-9,13,17H,10-12,14H2,(H,24,25). The second-order valence-corrected chi connectivity index (χ2v) is 9.35. The first kappa shape index (κ1) is 20.4. The van der Waals surface area contributed by atoms with Crippen LogP contribution >= 0.6 is 34.7 Å². The highest BCUT2D eigenvalue weighted by molar-refractivity contribution is 7.98. The number of hydrogen-bond acceptors (Lipinski definition) is 7. The molecule has 4 aromatic rings. The molecule has 0 unspecified atom stereocenters. The van der Waals surface area contributed by atoms with Gasteiger partial charge in [0, 0.05) is 22.9 Å². The van der Waals surface area contributed by atoms with Crippen molar-refractivity contribution in [1.29, 1.82) is 0 Å². The number of thioether (sulfide) groups is 1. The van der Waals surface area contributed by atoms with E-state index in [1.54, 1.807) is 23.1 Å². The average molecular weight is 470 g/mol. The number of hydrogen-bond donors (Lipinski definition) is 1. The van der Waals surface area contributed by atoms with Gasteiger partial charge in [-0.15, -0.1) is 21.5 Å². The van der Waals surface area contributed by atoms with Gasteiger partial charge in [-0.05, 0) is 37.1 Å². The van der Waals surface area contributed by atoms with Crippen LogP contribution in [0.15, 0.2) is 65.1 Å². The molecule has 31 heavy (non-hydrogen) atoms. The van der Waals surface area contributed by atoms with Crippen LogP contribution in [0.3, 0.4) is 0 Å². The molecule has 0 saturated heterocycles. The number of ether oxygens (including phenoxy) is 1. The number of aromatic nitrogens is 4. The maximum Gasteiger partial charge on any atom is 0.191 e. The Balaban J connectivity index is 1.23. The molecule has 158 valence electrons. The van der Waals surface area contributed by atoms with Crippen molar-refractivity contribution in [1.82, 2.24) is 19.7 Å². The highest BCUT2D eigenvalue weighted by Crippen LogP contribution is 2.39. The third-order valence-corrected chi connectivity index (χ3v) is 6.86. The van der Waals surface area contributed by atoms with Crippen molar-refractivity contribution in [3.8, 4) is 5.75 Å². The van der Waals surface area contributed by atoms with Crippen LogP contribution in [0, 0.1) is 0 Å². The molecule has 0 aliphatic heterocycles. The second kappa shape index (κ2) is 9.30. The SMILES string of the molecule is Clc1ccccc1OCc1nnc(SCc2csc(Nc3ccccc3)n2)n1C1CC1. The molecular weight excluding hydrogens is 450 g/mol. The predicted octanol–water partition coefficient (Wildman–Crippen LogP) is 6.34. The summed E-state index contributed by atoms with van der Waals surface area (Å²) in [6.45, 7) is 0.343. The van der Waals surface area contributed by atoms with Crippen LogP contribution in [-0.4, -0.2) is 19.7 Å². The topological polar surface area (TPSA) is 64.9 Å². The van der Waals surface area contributed by atoms with Gasteiger partial charge in [-0.3, -0.25) is 4.57 Å². The summed E-state index contributed by atoms with van der Waals surface area (Å²) in [5, 5.41) is 16.6. The van der Waals surface area contributed by atoms with E-state index in [0.717, 1.165) is 46.1 Å². The molecule has 0 atom stereocenters. The molecule has 1 aliphatic rings. The summed E-state index contributed by atoms with van der Waals surface area (Å²) in [5.41, 5.74) is 2.06. The molecule has 2 heterocycles. The molecule has 0 bridgehead atoms. The Morgan fingerprint density at radius 1 is 1.10 bits per heavy atom. The van der Waals surface area contributed by atoms with E-state index < -0.39 is 0 Å². The fraction of sp³-hybridized carbons (Fsp3) is 0.227. The Morgan fingerprint density at radius 3 is 2.71 bits per heavy atom. The number of halogens is 1. The number of nitrogens with zero attached hydrogens (tertiary/aromatic N) is 4. The molecular formula is C22H20ClN5OS2. The normalized spacial score (nSPS) is 13.3. The number of rotatable bonds is 9. The van der Waals surface area contributed by atoms with E-state index in [-0.39, 0.29) is 0 Å². The summed E-state index contributed by atoms with van der Waals surface area (Å²) < 4.78 is 8.10. The van der Waals surface area contributed by atoms with Crippen molar-refractivity contribution in [2.45, 2.75) is 36.4 Å². The second-order valence-electron chi connectivity index (χ2n) is 7.14. The molecule has 9 heteroatoms. The third-order valence-electron chi connectivity index (χ3n) is 4.77. The van der Waals surface area contributed by atoms with Gasteiger partial charge in [-0.2, -0.15) is 0 Å². The van der Waals surface area contributed by atoms with Crippen LogP contribution in [0.25, 0.3) is 0 Å². The number of thiazole rings is 1. The first-order chi connectivity index (χ1) is 15.3. The summed E-state index contributed by atoms with van der Waals surface area (Å²) in [6.07, 6.45) is 2.29. The molecule has 1 aliphatic carbocycles. The molecule has 2 aromatic heterocycles. The quantitative estimate of drug-likeness (QED) is 0.288. The molecule has 0 spiro atoms. The molecule has 1 N–H and O–H groups in total. The largest absolute Gasteiger partial charge is 0.484 e. The molecule has 5 rings (SSSR count). The van der Waals surface area contributed by atoms with E-state index >= 15 is 0 Å². The van der Waals surface area contributed by atoms with Crippen molar-refractivity contribution in [3.05, 3.63) is 76.5 Å². The number of anilines is 2. The smallest absolute Gasteiger partial charge is 0.191 e. The van der Waals surface area contributed by atoms with Gasteiger partial charge in [0.15, 0.2) is 16.1 Å². The third kappa shape index (κ3) is 5.03. The van der Waals surface area contributed by atoms with E-state index in [1.165, 1.54) is 0 Å². The Kier molecular flexibility index (Phi) is 6.11. The number of nitrogens with one attached hydrogen (secondary N) is 1. The van der Waals surface area contributed by atoms with Crippen LogP contribution in [0.1, 0.15) is 30.4 Å². The summed E-state index contributed by atoms with van der Waals surface area (Å²) in [7, 11) is 0. The van der Waals surface area contributed by atoms with E-state index in [2.05, 4.69) is 25.5 Å². The highest BCUT2D eigenvalue weighted by Gasteiger charge is 2.30. The van der Waals surface area contributed by atoms with Gasteiger partial charge >= 0.3 is 0 Å². The van der Waals surface area contributed by atoms with Crippen LogP contribution < -0.4 is 10.1 Å². The minimum absolute atomic E-state index is 0.343. The van der Waals surface area contributed by atoms with Crippen molar-refractivity contribution >= 4 is 45.5 Å². The van der Waals surface area contributed by atoms with Gasteiger partial charge in [-0.25, -0.2) is 4.98 Å². The molecule has 6 nitrogen and oxygen atoms in total. The highest BCUT2D eigenvalue weighted by atomic mass is 35.5. The van der Waals surface area contributed by atoms with Crippen molar-refractivity contribution in [2.75, 3.05) is 5.32 Å². The van der Waals surface area contributed by atoms with Crippen LogP contribution in [-0.2, 0) is 12.4 Å². The van der Waals surface area contributed by atoms with Gasteiger partial charge in [-0.1, -0.05) is 53.7 Å². The number of benzene rings is 2. The minimum Gasteiger partial charge on any atom is -0.484 e. The first-order valence-electron chi connectivity index (χ1n) is 9.96. The van der Waals surface area contributed by atoms with Gasteiger partial charge in [0.2, 0.25) is 0 Å². The first-order valence-corrected chi connectivity index (χ1v) is 12.2. The molecule has 1 saturated carbocycles. The Bertz CT molecular complexity index is 1160. The maximum atomic E-state index is 6.20. The Hall–Kier alpha value is -2.55. The van der Waals surface area contributed by atoms with E-state index in [0.29, 0.717) is 23.4 Å². The Labute approximate surface area is 193 Å². The lowest BCUT2D eigenvalue weighted by molar-refractivity contribution is 0.288. The lowest BCUT2D eigenvalue weighted by atomic mass is 10.3. The van der Waals surface area contributed by atoms with Crippen molar-refractivity contribution in [2.24, 2.45) is 0 Å². The van der Waals surface area contributed by atoms with E-state index in [1.807, 2.05) is 54.6 Å². The lowest BCUT2D eigenvalue weighted by Gasteiger charge is -2.10. The van der Waals surface area contributed by atoms with Gasteiger partial charge in [0.25, 0.3) is 0 Å². The Morgan fingerprint density at radius 2 is 1.90 bits per heavy atom. The fourth-order valence-corrected chi connectivity index (χ4v) is 5.07. The van der Waals surface area contributed by atoms with Crippen molar-refractivity contribution in [3.63, 3.8) is 0 Å². The van der Waals surface area contributed by atoms with Crippen LogP contribution in [0.4, 0.5) is 10.8 Å². The van der Waals surface area contributed by atoms with Gasteiger partial charge in [0.05, 0.1) is 10.7 Å². The maximum absolute atomic E-state index is 6.20.